The molecule has 0 bridgehead atoms. The second-order valence-electron chi connectivity index (χ2n) is 4.48. The number of rotatable bonds is 9. The molecule has 1 aromatic carbocycles. The number of hydrogen-bond donors (Lipinski definition) is 4. The van der Waals surface area contributed by atoms with Crippen LogP contribution in [0.1, 0.15) is 30.4 Å². The molecule has 20 heavy (non-hydrogen) atoms. The van der Waals surface area contributed by atoms with Crippen molar-refractivity contribution in [2.75, 3.05) is 20.3 Å². The molecule has 0 aliphatic heterocycles. The molecule has 0 unspecified atom stereocenters. The van der Waals surface area contributed by atoms with Gasteiger partial charge in [0.1, 0.15) is 5.75 Å². The number of nitrogens with two attached hydrogens (primary N) is 1. The number of nitrogens with zero attached hydrogens (tertiary/aromatic N) is 1. The molecule has 1 aromatic rings. The first kappa shape index (κ1) is 16.3. The van der Waals surface area contributed by atoms with Gasteiger partial charge in [-0.05, 0) is 43.5 Å². The van der Waals surface area contributed by atoms with Crippen LogP contribution in [0.25, 0.3) is 0 Å². The van der Waals surface area contributed by atoms with E-state index in [2.05, 4.69) is 10.5 Å². The first-order valence-electron chi connectivity index (χ1n) is 6.69. The molecular weight excluding hydrogens is 258 g/mol. The summed E-state index contributed by atoms with van der Waals surface area (Å²) >= 11 is 0. The quantitative estimate of drug-likeness (QED) is 0.178. The highest BCUT2D eigenvalue weighted by Gasteiger charge is 2.08. The third-order valence-corrected chi connectivity index (χ3v) is 2.99. The normalized spacial score (nSPS) is 11.6. The molecule has 1 rings (SSSR count). The third-order valence-electron chi connectivity index (χ3n) is 2.99. The third kappa shape index (κ3) is 5.07. The largest absolute Gasteiger partial charge is 0.496 e. The Labute approximate surface area is 119 Å². The van der Waals surface area contributed by atoms with Gasteiger partial charge in [0.15, 0.2) is 5.84 Å². The topological polar surface area (TPSA) is 100 Å². The van der Waals surface area contributed by atoms with E-state index in [1.807, 2.05) is 12.1 Å². The maximum atomic E-state index is 8.77. The Morgan fingerprint density at radius 3 is 2.80 bits per heavy atom. The minimum absolute atomic E-state index is 0.0339. The van der Waals surface area contributed by atoms with Gasteiger partial charge in [0.25, 0.3) is 0 Å². The lowest BCUT2D eigenvalue weighted by molar-refractivity contribution is 0.283. The van der Waals surface area contributed by atoms with Crippen LogP contribution in [0.15, 0.2) is 23.4 Å². The van der Waals surface area contributed by atoms with Gasteiger partial charge in [-0.15, -0.1) is 0 Å². The van der Waals surface area contributed by atoms with E-state index in [4.69, 9.17) is 20.8 Å². The fourth-order valence-corrected chi connectivity index (χ4v) is 1.89. The van der Waals surface area contributed by atoms with Gasteiger partial charge >= 0.3 is 0 Å². The summed E-state index contributed by atoms with van der Waals surface area (Å²) < 4.78 is 5.18. The Morgan fingerprint density at radius 2 is 2.15 bits per heavy atom. The number of amidine groups is 1. The van der Waals surface area contributed by atoms with Gasteiger partial charge in [-0.25, -0.2) is 0 Å². The number of aliphatic hydroxyl groups is 1. The minimum atomic E-state index is 0.0339. The van der Waals surface area contributed by atoms with E-state index in [1.165, 1.54) is 0 Å². The van der Waals surface area contributed by atoms with Crippen molar-refractivity contribution in [1.29, 1.82) is 0 Å². The highest BCUT2D eigenvalue weighted by Crippen LogP contribution is 2.19. The van der Waals surface area contributed by atoms with Gasteiger partial charge < -0.3 is 26.1 Å². The number of aliphatic hydroxyl groups excluding tert-OH is 1. The lowest BCUT2D eigenvalue weighted by atomic mass is 10.1. The highest BCUT2D eigenvalue weighted by atomic mass is 16.5. The zero-order valence-corrected chi connectivity index (χ0v) is 11.8. The Balaban J connectivity index is 2.55. The first-order chi connectivity index (χ1) is 9.72. The lowest BCUT2D eigenvalue weighted by Crippen LogP contribution is -2.17. The molecule has 0 aliphatic rings. The smallest absolute Gasteiger partial charge is 0.173 e. The van der Waals surface area contributed by atoms with Crippen molar-refractivity contribution in [2.45, 2.75) is 25.8 Å². The standard InChI is InChI=1S/C14H23N3O3/c1-20-13-6-5-11(9-12(13)14(15)17-19)10-16-7-3-2-4-8-18/h5-6,9,16,18-19H,2-4,7-8,10H2,1H3,(H2,15,17). The van der Waals surface area contributed by atoms with Crippen LogP contribution in [-0.2, 0) is 6.54 Å². The SMILES string of the molecule is COc1ccc(CNCCCCCO)cc1/C(N)=N/O. The van der Waals surface area contributed by atoms with Crippen molar-refractivity contribution in [2.24, 2.45) is 10.9 Å². The second-order valence-corrected chi connectivity index (χ2v) is 4.48. The summed E-state index contributed by atoms with van der Waals surface area (Å²) in [6.45, 7) is 1.85. The molecule has 5 N–H and O–H groups in total. The number of methoxy groups -OCH3 is 1. The highest BCUT2D eigenvalue weighted by molar-refractivity contribution is 5.99. The van der Waals surface area contributed by atoms with Crippen LogP contribution < -0.4 is 15.8 Å². The van der Waals surface area contributed by atoms with E-state index in [9.17, 15) is 0 Å². The molecule has 0 heterocycles. The van der Waals surface area contributed by atoms with Gasteiger partial charge in [-0.2, -0.15) is 0 Å². The average molecular weight is 281 g/mol. The fourth-order valence-electron chi connectivity index (χ4n) is 1.89. The molecule has 0 fully saturated rings. The van der Waals surface area contributed by atoms with Gasteiger partial charge in [-0.1, -0.05) is 11.2 Å². The van der Waals surface area contributed by atoms with Gasteiger partial charge in [0.2, 0.25) is 0 Å². The van der Waals surface area contributed by atoms with Crippen molar-refractivity contribution >= 4 is 5.84 Å². The van der Waals surface area contributed by atoms with Gasteiger partial charge in [0, 0.05) is 13.2 Å². The van der Waals surface area contributed by atoms with E-state index < -0.39 is 0 Å². The average Bonchev–Trinajstić information content (AvgIpc) is 2.49. The molecule has 6 nitrogen and oxygen atoms in total. The number of nitrogens with one attached hydrogen (secondary N) is 1. The summed E-state index contributed by atoms with van der Waals surface area (Å²) in [5.41, 5.74) is 7.24. The van der Waals surface area contributed by atoms with E-state index in [-0.39, 0.29) is 12.4 Å². The Morgan fingerprint density at radius 1 is 1.35 bits per heavy atom. The minimum Gasteiger partial charge on any atom is -0.496 e. The van der Waals surface area contributed by atoms with Crippen LogP contribution >= 0.6 is 0 Å². The molecule has 0 aliphatic carbocycles. The van der Waals surface area contributed by atoms with Crippen LogP contribution in [0.3, 0.4) is 0 Å². The fraction of sp³-hybridized carbons (Fsp3) is 0.500. The maximum absolute atomic E-state index is 8.77. The van der Waals surface area contributed by atoms with E-state index in [0.29, 0.717) is 17.9 Å². The summed E-state index contributed by atoms with van der Waals surface area (Å²) in [6.07, 6.45) is 2.89. The number of ether oxygens (including phenoxy) is 1. The number of benzene rings is 1. The Bertz CT molecular complexity index is 436. The first-order valence-corrected chi connectivity index (χ1v) is 6.69. The lowest BCUT2D eigenvalue weighted by Gasteiger charge is -2.10. The van der Waals surface area contributed by atoms with Crippen molar-refractivity contribution in [1.82, 2.24) is 5.32 Å². The molecule has 112 valence electrons. The van der Waals surface area contributed by atoms with Crippen LogP contribution in [0.5, 0.6) is 5.75 Å². The van der Waals surface area contributed by atoms with E-state index in [0.717, 1.165) is 31.4 Å². The van der Waals surface area contributed by atoms with Crippen molar-refractivity contribution in [3.63, 3.8) is 0 Å². The van der Waals surface area contributed by atoms with Crippen molar-refractivity contribution in [3.05, 3.63) is 29.3 Å². The molecule has 0 atom stereocenters. The molecule has 0 aromatic heterocycles. The molecule has 0 saturated heterocycles. The zero-order valence-electron chi connectivity index (χ0n) is 11.8. The molecule has 0 amide bonds. The van der Waals surface area contributed by atoms with Gasteiger partial charge in [-0.3, -0.25) is 0 Å². The van der Waals surface area contributed by atoms with Crippen LogP contribution in [0.2, 0.25) is 0 Å². The predicted octanol–water partition coefficient (Wildman–Crippen LogP) is 1.04. The monoisotopic (exact) mass is 281 g/mol. The predicted molar refractivity (Wildman–Crippen MR) is 78.1 cm³/mol. The summed E-state index contributed by atoms with van der Waals surface area (Å²) in [7, 11) is 1.54. The second kappa shape index (κ2) is 9.17. The van der Waals surface area contributed by atoms with E-state index in [1.54, 1.807) is 13.2 Å². The Hall–Kier alpha value is -1.79. The number of unbranched alkanes of at least 4 members (excludes halogenated alkanes) is 2. The van der Waals surface area contributed by atoms with E-state index >= 15 is 0 Å². The van der Waals surface area contributed by atoms with Crippen LogP contribution in [0.4, 0.5) is 0 Å². The summed E-state index contributed by atoms with van der Waals surface area (Å²) in [5, 5.41) is 23.8. The molecule has 6 heteroatoms. The Kier molecular flexibility index (Phi) is 7.46. The molecule has 0 spiro atoms. The molecular formula is C14H23N3O3. The number of hydrogen-bond acceptors (Lipinski definition) is 5. The van der Waals surface area contributed by atoms with Crippen molar-refractivity contribution < 1.29 is 15.1 Å². The number of oxime groups is 1. The van der Waals surface area contributed by atoms with Gasteiger partial charge in [0.05, 0.1) is 12.7 Å². The zero-order chi connectivity index (χ0) is 14.8. The molecule has 0 saturated carbocycles. The van der Waals surface area contributed by atoms with Crippen LogP contribution in [0, 0.1) is 0 Å². The molecule has 0 radical (unpaired) electrons. The summed E-state index contributed by atoms with van der Waals surface area (Å²) in [6, 6.07) is 5.58. The maximum Gasteiger partial charge on any atom is 0.173 e. The summed E-state index contributed by atoms with van der Waals surface area (Å²) in [4.78, 5) is 0. The van der Waals surface area contributed by atoms with Crippen LogP contribution in [-0.4, -0.2) is 36.4 Å². The van der Waals surface area contributed by atoms with Crippen molar-refractivity contribution in [3.8, 4) is 5.75 Å². The summed E-state index contributed by atoms with van der Waals surface area (Å²) in [5.74, 6) is 0.610.